The van der Waals surface area contributed by atoms with E-state index in [1.54, 1.807) is 0 Å². The zero-order valence-electron chi connectivity index (χ0n) is 7.90. The highest BCUT2D eigenvalue weighted by Gasteiger charge is 2.24. The molecular formula is C11H9ClO3. The first kappa shape index (κ1) is 10.1. The van der Waals surface area contributed by atoms with E-state index in [0.717, 1.165) is 5.56 Å². The van der Waals surface area contributed by atoms with Crippen LogP contribution in [0.5, 0.6) is 0 Å². The molecule has 2 rings (SSSR count). The van der Waals surface area contributed by atoms with Crippen molar-refractivity contribution in [1.29, 1.82) is 0 Å². The van der Waals surface area contributed by atoms with Crippen molar-refractivity contribution >= 4 is 17.6 Å². The molecule has 0 amide bonds. The van der Waals surface area contributed by atoms with Crippen LogP contribution in [0.2, 0.25) is 0 Å². The summed E-state index contributed by atoms with van der Waals surface area (Å²) in [6, 6.07) is 9.64. The summed E-state index contributed by atoms with van der Waals surface area (Å²) >= 11 is 5.68. The average molecular weight is 225 g/mol. The molecule has 1 aromatic carbocycles. The Hall–Kier alpha value is -1.48. The highest BCUT2D eigenvalue weighted by molar-refractivity contribution is 6.42. The minimum atomic E-state index is -0.514. The van der Waals surface area contributed by atoms with Gasteiger partial charge in [0.15, 0.2) is 17.4 Å². The predicted molar refractivity (Wildman–Crippen MR) is 55.1 cm³/mol. The van der Waals surface area contributed by atoms with Gasteiger partial charge < -0.3 is 9.47 Å². The Balaban J connectivity index is 1.97. The Bertz CT molecular complexity index is 398. The lowest BCUT2D eigenvalue weighted by molar-refractivity contribution is -0.135. The van der Waals surface area contributed by atoms with Crippen LogP contribution in [0.25, 0.3) is 0 Å². The van der Waals surface area contributed by atoms with Crippen LogP contribution in [0, 0.1) is 0 Å². The quantitative estimate of drug-likeness (QED) is 0.739. The Kier molecular flexibility index (Phi) is 2.92. The first-order valence-electron chi connectivity index (χ1n) is 4.50. The van der Waals surface area contributed by atoms with Gasteiger partial charge in [-0.2, -0.15) is 0 Å². The zero-order valence-corrected chi connectivity index (χ0v) is 8.66. The van der Waals surface area contributed by atoms with Crippen molar-refractivity contribution < 1.29 is 14.3 Å². The maximum absolute atomic E-state index is 10.9. The highest BCUT2D eigenvalue weighted by Crippen LogP contribution is 2.21. The molecule has 1 aliphatic rings. The fraction of sp³-hybridized carbons (Fsp3) is 0.182. The maximum Gasteiger partial charge on any atom is 0.353 e. The molecule has 0 N–H and O–H groups in total. The minimum Gasteiger partial charge on any atom is -0.488 e. The Labute approximate surface area is 92.3 Å². The summed E-state index contributed by atoms with van der Waals surface area (Å²) in [5.41, 5.74) is 1.02. The van der Waals surface area contributed by atoms with Gasteiger partial charge >= 0.3 is 5.97 Å². The number of carbonyl (C=O) groups is 1. The number of carbonyl (C=O) groups excluding carboxylic acids is 1. The van der Waals surface area contributed by atoms with Crippen LogP contribution in [0.3, 0.4) is 0 Å². The number of rotatable bonds is 3. The van der Waals surface area contributed by atoms with Gasteiger partial charge in [0.2, 0.25) is 0 Å². The molecule has 0 bridgehead atoms. The van der Waals surface area contributed by atoms with E-state index in [2.05, 4.69) is 0 Å². The van der Waals surface area contributed by atoms with E-state index in [0.29, 0.717) is 12.4 Å². The molecule has 0 saturated carbocycles. The monoisotopic (exact) mass is 224 g/mol. The standard InChI is InChI=1S/C11H9ClO3/c12-10-9(7-15-11(10)13)14-6-8-4-2-1-3-5-8/h1-5H,6-7H2. The van der Waals surface area contributed by atoms with Gasteiger partial charge in [-0.25, -0.2) is 4.79 Å². The van der Waals surface area contributed by atoms with Gasteiger partial charge in [0, 0.05) is 0 Å². The van der Waals surface area contributed by atoms with Crippen molar-refractivity contribution in [1.82, 2.24) is 0 Å². The Morgan fingerprint density at radius 3 is 2.67 bits per heavy atom. The smallest absolute Gasteiger partial charge is 0.353 e. The van der Waals surface area contributed by atoms with Crippen LogP contribution in [-0.2, 0) is 20.9 Å². The number of esters is 1. The summed E-state index contributed by atoms with van der Waals surface area (Å²) in [6.07, 6.45) is 0. The molecule has 0 atom stereocenters. The van der Waals surface area contributed by atoms with E-state index in [-0.39, 0.29) is 11.6 Å². The van der Waals surface area contributed by atoms with Crippen molar-refractivity contribution in [2.24, 2.45) is 0 Å². The molecule has 15 heavy (non-hydrogen) atoms. The lowest BCUT2D eigenvalue weighted by atomic mass is 10.2. The van der Waals surface area contributed by atoms with Gasteiger partial charge in [-0.1, -0.05) is 41.9 Å². The summed E-state index contributed by atoms with van der Waals surface area (Å²) in [5.74, 6) is -0.106. The molecule has 1 heterocycles. The highest BCUT2D eigenvalue weighted by atomic mass is 35.5. The summed E-state index contributed by atoms with van der Waals surface area (Å²) in [5, 5.41) is 0.0472. The first-order valence-corrected chi connectivity index (χ1v) is 4.87. The number of benzene rings is 1. The SMILES string of the molecule is O=C1OCC(OCc2ccccc2)=C1Cl. The van der Waals surface area contributed by atoms with Crippen LogP contribution < -0.4 is 0 Å². The Morgan fingerprint density at radius 2 is 2.07 bits per heavy atom. The molecule has 78 valence electrons. The minimum absolute atomic E-state index is 0.0472. The lowest BCUT2D eigenvalue weighted by Crippen LogP contribution is -1.96. The van der Waals surface area contributed by atoms with Crippen molar-refractivity contribution in [3.63, 3.8) is 0 Å². The van der Waals surface area contributed by atoms with Crippen molar-refractivity contribution in [3.8, 4) is 0 Å². The van der Waals surface area contributed by atoms with E-state index in [4.69, 9.17) is 21.1 Å². The number of ether oxygens (including phenoxy) is 2. The molecule has 0 spiro atoms. The summed E-state index contributed by atoms with van der Waals surface area (Å²) in [7, 11) is 0. The molecular weight excluding hydrogens is 216 g/mol. The maximum atomic E-state index is 10.9. The lowest BCUT2D eigenvalue weighted by Gasteiger charge is -2.05. The van der Waals surface area contributed by atoms with Crippen LogP contribution in [0.15, 0.2) is 41.1 Å². The predicted octanol–water partition coefficient (Wildman–Crippen LogP) is 2.21. The zero-order chi connectivity index (χ0) is 10.7. The van der Waals surface area contributed by atoms with E-state index >= 15 is 0 Å². The fourth-order valence-electron chi connectivity index (χ4n) is 1.22. The van der Waals surface area contributed by atoms with Gasteiger partial charge in [-0.15, -0.1) is 0 Å². The second-order valence-electron chi connectivity index (χ2n) is 3.09. The molecule has 0 aromatic heterocycles. The van der Waals surface area contributed by atoms with Gasteiger partial charge in [0.1, 0.15) is 6.61 Å². The number of hydrogen-bond acceptors (Lipinski definition) is 3. The molecule has 0 fully saturated rings. The number of cyclic esters (lactones) is 1. The topological polar surface area (TPSA) is 35.5 Å². The van der Waals surface area contributed by atoms with Crippen molar-refractivity contribution in [3.05, 3.63) is 46.7 Å². The van der Waals surface area contributed by atoms with Crippen molar-refractivity contribution in [2.45, 2.75) is 6.61 Å². The van der Waals surface area contributed by atoms with E-state index in [1.165, 1.54) is 0 Å². The van der Waals surface area contributed by atoms with Crippen molar-refractivity contribution in [2.75, 3.05) is 6.61 Å². The Morgan fingerprint density at radius 1 is 1.33 bits per heavy atom. The van der Waals surface area contributed by atoms with E-state index < -0.39 is 5.97 Å². The van der Waals surface area contributed by atoms with Gasteiger partial charge in [-0.3, -0.25) is 0 Å². The van der Waals surface area contributed by atoms with E-state index in [1.807, 2.05) is 30.3 Å². The van der Waals surface area contributed by atoms with E-state index in [9.17, 15) is 4.79 Å². The normalized spacial score (nSPS) is 15.4. The first-order chi connectivity index (χ1) is 7.27. The van der Waals surface area contributed by atoms with Gasteiger partial charge in [0.05, 0.1) is 0 Å². The number of hydrogen-bond donors (Lipinski definition) is 0. The second kappa shape index (κ2) is 4.36. The number of halogens is 1. The largest absolute Gasteiger partial charge is 0.488 e. The summed E-state index contributed by atoms with van der Waals surface area (Å²) in [6.45, 7) is 0.521. The van der Waals surface area contributed by atoms with Gasteiger partial charge in [0.25, 0.3) is 0 Å². The molecule has 3 nitrogen and oxygen atoms in total. The molecule has 1 aliphatic heterocycles. The molecule has 1 aromatic rings. The van der Waals surface area contributed by atoms with Crippen LogP contribution >= 0.6 is 11.6 Å². The molecule has 0 unspecified atom stereocenters. The molecule has 0 radical (unpaired) electrons. The average Bonchev–Trinajstić information content (AvgIpc) is 2.59. The molecule has 0 saturated heterocycles. The summed E-state index contributed by atoms with van der Waals surface area (Å²) in [4.78, 5) is 10.9. The summed E-state index contributed by atoms with van der Waals surface area (Å²) < 4.78 is 10.1. The van der Waals surface area contributed by atoms with Gasteiger partial charge in [-0.05, 0) is 5.56 Å². The van der Waals surface area contributed by atoms with Crippen LogP contribution in [0.1, 0.15) is 5.56 Å². The second-order valence-corrected chi connectivity index (χ2v) is 3.47. The molecule has 0 aliphatic carbocycles. The third-order valence-electron chi connectivity index (χ3n) is 2.01. The van der Waals surface area contributed by atoms with Crippen LogP contribution in [0.4, 0.5) is 0 Å². The molecule has 4 heteroatoms. The fourth-order valence-corrected chi connectivity index (χ4v) is 1.39. The van der Waals surface area contributed by atoms with Crippen LogP contribution in [-0.4, -0.2) is 12.6 Å². The third kappa shape index (κ3) is 2.30. The third-order valence-corrected chi connectivity index (χ3v) is 2.38.